The maximum absolute atomic E-state index is 13.0. The minimum atomic E-state index is -0.351. The number of hydrogen-bond acceptors (Lipinski definition) is 4. The standard InChI is InChI=1S/C24H25N3O2/c1-5-14-29-23(28)21-16(4)25-24-26-19-8-6-7-9-20(19)27(24)22(21)18-12-10-17(11-13-18)15(2)3/h5-13,15,22H,1,14H2,2-4H3,(H,25,26)/t22-/m1/s1. The molecule has 4 rings (SSSR count). The Morgan fingerprint density at radius 1 is 1.24 bits per heavy atom. The van der Waals surface area contributed by atoms with Crippen LogP contribution in [-0.4, -0.2) is 22.1 Å². The van der Waals surface area contributed by atoms with Crippen LogP contribution in [0.25, 0.3) is 11.0 Å². The van der Waals surface area contributed by atoms with Crippen molar-refractivity contribution >= 4 is 23.0 Å². The first kappa shape index (κ1) is 19.0. The molecule has 2 heterocycles. The van der Waals surface area contributed by atoms with Gasteiger partial charge in [-0.15, -0.1) is 0 Å². The van der Waals surface area contributed by atoms with Gasteiger partial charge in [-0.05, 0) is 36.1 Å². The lowest BCUT2D eigenvalue weighted by atomic mass is 9.93. The van der Waals surface area contributed by atoms with Gasteiger partial charge in [0.15, 0.2) is 0 Å². The summed E-state index contributed by atoms with van der Waals surface area (Å²) in [5.74, 6) is 0.814. The SMILES string of the molecule is C=CCOC(=O)C1=C(C)Nc2nc3ccccc3n2[C@@H]1c1ccc(C(C)C)cc1. The van der Waals surface area contributed by atoms with E-state index in [-0.39, 0.29) is 18.6 Å². The molecular weight excluding hydrogens is 362 g/mol. The van der Waals surface area contributed by atoms with Crippen LogP contribution in [0, 0.1) is 0 Å². The summed E-state index contributed by atoms with van der Waals surface area (Å²) in [6, 6.07) is 16.1. The lowest BCUT2D eigenvalue weighted by Crippen LogP contribution is -2.29. The van der Waals surface area contributed by atoms with Crippen LogP contribution in [0.3, 0.4) is 0 Å². The largest absolute Gasteiger partial charge is 0.458 e. The molecule has 2 aromatic carbocycles. The van der Waals surface area contributed by atoms with Crippen LogP contribution >= 0.6 is 0 Å². The van der Waals surface area contributed by atoms with Gasteiger partial charge in [0.05, 0.1) is 22.6 Å². The number of hydrogen-bond donors (Lipinski definition) is 1. The van der Waals surface area contributed by atoms with Crippen molar-refractivity contribution in [3.63, 3.8) is 0 Å². The number of allylic oxidation sites excluding steroid dienone is 1. The minimum Gasteiger partial charge on any atom is -0.458 e. The molecule has 148 valence electrons. The number of nitrogens with one attached hydrogen (secondary N) is 1. The Morgan fingerprint density at radius 3 is 2.66 bits per heavy atom. The van der Waals surface area contributed by atoms with Crippen LogP contribution in [0.4, 0.5) is 5.95 Å². The fourth-order valence-corrected chi connectivity index (χ4v) is 3.82. The second-order valence-electron chi connectivity index (χ2n) is 7.57. The fourth-order valence-electron chi connectivity index (χ4n) is 3.82. The van der Waals surface area contributed by atoms with Crippen molar-refractivity contribution in [3.05, 3.63) is 83.6 Å². The number of imidazole rings is 1. The van der Waals surface area contributed by atoms with Crippen LogP contribution in [0.1, 0.15) is 43.9 Å². The van der Waals surface area contributed by atoms with Gasteiger partial charge in [-0.3, -0.25) is 4.57 Å². The number of anilines is 1. The van der Waals surface area contributed by atoms with Gasteiger partial charge in [0.2, 0.25) is 5.95 Å². The maximum atomic E-state index is 13.0. The molecule has 5 nitrogen and oxygen atoms in total. The van der Waals surface area contributed by atoms with Gasteiger partial charge in [0.1, 0.15) is 6.61 Å². The van der Waals surface area contributed by atoms with Crippen LogP contribution in [0.15, 0.2) is 72.5 Å². The third-order valence-corrected chi connectivity index (χ3v) is 5.30. The van der Waals surface area contributed by atoms with Crippen molar-refractivity contribution < 1.29 is 9.53 Å². The van der Waals surface area contributed by atoms with Crippen molar-refractivity contribution in [1.29, 1.82) is 0 Å². The van der Waals surface area contributed by atoms with E-state index < -0.39 is 0 Å². The van der Waals surface area contributed by atoms with Gasteiger partial charge in [-0.1, -0.05) is 62.9 Å². The highest BCUT2D eigenvalue weighted by atomic mass is 16.5. The van der Waals surface area contributed by atoms with Gasteiger partial charge in [0.25, 0.3) is 0 Å². The van der Waals surface area contributed by atoms with Crippen molar-refractivity contribution in [1.82, 2.24) is 9.55 Å². The van der Waals surface area contributed by atoms with Crippen molar-refractivity contribution in [2.75, 3.05) is 11.9 Å². The maximum Gasteiger partial charge on any atom is 0.338 e. The second-order valence-corrected chi connectivity index (χ2v) is 7.57. The Labute approximate surface area is 170 Å². The van der Waals surface area contributed by atoms with E-state index in [9.17, 15) is 4.79 Å². The zero-order chi connectivity index (χ0) is 20.5. The Bertz CT molecular complexity index is 1110. The number of aromatic nitrogens is 2. The molecule has 0 aliphatic carbocycles. The van der Waals surface area contributed by atoms with Crippen molar-refractivity contribution in [3.8, 4) is 0 Å². The molecular formula is C24H25N3O2. The molecule has 0 saturated heterocycles. The Kier molecular flexibility index (Phi) is 4.97. The monoisotopic (exact) mass is 387 g/mol. The van der Waals surface area contributed by atoms with Crippen LogP contribution in [0.5, 0.6) is 0 Å². The second kappa shape index (κ2) is 7.59. The highest BCUT2D eigenvalue weighted by Crippen LogP contribution is 2.39. The first-order valence-corrected chi connectivity index (χ1v) is 9.84. The summed E-state index contributed by atoms with van der Waals surface area (Å²) in [5, 5.41) is 3.29. The van der Waals surface area contributed by atoms with Gasteiger partial charge < -0.3 is 10.1 Å². The Hall–Kier alpha value is -3.34. The summed E-state index contributed by atoms with van der Waals surface area (Å²) >= 11 is 0. The van der Waals surface area contributed by atoms with Crippen LogP contribution in [-0.2, 0) is 9.53 Å². The molecule has 0 saturated carbocycles. The van der Waals surface area contributed by atoms with E-state index in [4.69, 9.17) is 9.72 Å². The van der Waals surface area contributed by atoms with E-state index in [0.717, 1.165) is 28.2 Å². The smallest absolute Gasteiger partial charge is 0.338 e. The molecule has 0 unspecified atom stereocenters. The number of carbonyl (C=O) groups excluding carboxylic acids is 1. The third kappa shape index (κ3) is 3.33. The molecule has 1 aliphatic rings. The summed E-state index contributed by atoms with van der Waals surface area (Å²) in [6.07, 6.45) is 1.58. The van der Waals surface area contributed by atoms with E-state index in [2.05, 4.69) is 54.6 Å². The van der Waals surface area contributed by atoms with E-state index in [0.29, 0.717) is 11.5 Å². The number of fused-ring (bicyclic) bond motifs is 3. The quantitative estimate of drug-likeness (QED) is 0.484. The molecule has 1 N–H and O–H groups in total. The molecule has 0 amide bonds. The first-order chi connectivity index (χ1) is 14.0. The minimum absolute atomic E-state index is 0.173. The molecule has 0 spiro atoms. The first-order valence-electron chi connectivity index (χ1n) is 9.84. The van der Waals surface area contributed by atoms with E-state index in [1.54, 1.807) is 6.08 Å². The number of para-hydroxylation sites is 2. The molecule has 1 atom stereocenters. The van der Waals surface area contributed by atoms with Crippen LogP contribution in [0.2, 0.25) is 0 Å². The molecule has 5 heteroatoms. The van der Waals surface area contributed by atoms with E-state index >= 15 is 0 Å². The molecule has 1 aromatic heterocycles. The highest BCUT2D eigenvalue weighted by Gasteiger charge is 2.34. The van der Waals surface area contributed by atoms with Crippen LogP contribution < -0.4 is 5.32 Å². The molecule has 0 bridgehead atoms. The summed E-state index contributed by atoms with van der Waals surface area (Å²) in [4.78, 5) is 17.7. The third-order valence-electron chi connectivity index (χ3n) is 5.30. The lowest BCUT2D eigenvalue weighted by molar-refractivity contribution is -0.138. The number of nitrogens with zero attached hydrogens (tertiary/aromatic N) is 2. The molecule has 29 heavy (non-hydrogen) atoms. The lowest BCUT2D eigenvalue weighted by Gasteiger charge is -2.30. The van der Waals surface area contributed by atoms with Gasteiger partial charge in [-0.25, -0.2) is 9.78 Å². The fraction of sp³-hybridized carbons (Fsp3) is 0.250. The Morgan fingerprint density at radius 2 is 1.97 bits per heavy atom. The molecule has 0 radical (unpaired) electrons. The number of ether oxygens (including phenoxy) is 1. The highest BCUT2D eigenvalue weighted by molar-refractivity contribution is 5.94. The van der Waals surface area contributed by atoms with Gasteiger partial charge >= 0.3 is 5.97 Å². The van der Waals surface area contributed by atoms with E-state index in [1.807, 2.05) is 31.2 Å². The molecule has 3 aromatic rings. The Balaban J connectivity index is 1.90. The van der Waals surface area contributed by atoms with Crippen molar-refractivity contribution in [2.45, 2.75) is 32.7 Å². The number of carbonyl (C=O) groups is 1. The average Bonchev–Trinajstić information content (AvgIpc) is 3.08. The molecule has 1 aliphatic heterocycles. The topological polar surface area (TPSA) is 56.1 Å². The molecule has 0 fully saturated rings. The van der Waals surface area contributed by atoms with Gasteiger partial charge in [-0.2, -0.15) is 0 Å². The summed E-state index contributed by atoms with van der Waals surface area (Å²) in [5.41, 5.74) is 5.46. The zero-order valence-electron chi connectivity index (χ0n) is 17.0. The predicted octanol–water partition coefficient (Wildman–Crippen LogP) is 5.18. The summed E-state index contributed by atoms with van der Waals surface area (Å²) < 4.78 is 7.51. The summed E-state index contributed by atoms with van der Waals surface area (Å²) in [6.45, 7) is 10.0. The van der Waals surface area contributed by atoms with Crippen molar-refractivity contribution in [2.24, 2.45) is 0 Å². The summed E-state index contributed by atoms with van der Waals surface area (Å²) in [7, 11) is 0. The van der Waals surface area contributed by atoms with Gasteiger partial charge in [0, 0.05) is 5.70 Å². The number of rotatable bonds is 5. The number of benzene rings is 2. The predicted molar refractivity (Wildman–Crippen MR) is 116 cm³/mol. The van der Waals surface area contributed by atoms with E-state index in [1.165, 1.54) is 5.56 Å². The number of esters is 1. The average molecular weight is 387 g/mol. The normalized spacial score (nSPS) is 15.9. The zero-order valence-corrected chi connectivity index (χ0v) is 17.0.